The largest absolute Gasteiger partial charge is 0.298 e. The SMILES string of the molecule is O=Cc1c(C=O)c2ccc(-c3ccccc3)cc2c2ccccc12. The Bertz CT molecular complexity index is 1080. The third-order valence-corrected chi connectivity index (χ3v) is 4.45. The van der Waals surface area contributed by atoms with Gasteiger partial charge in [0, 0.05) is 11.1 Å². The van der Waals surface area contributed by atoms with Crippen LogP contribution in [-0.2, 0) is 0 Å². The minimum atomic E-state index is 0.457. The predicted octanol–water partition coefficient (Wildman–Crippen LogP) is 5.29. The monoisotopic (exact) mass is 310 g/mol. The molecule has 0 atom stereocenters. The Hall–Kier alpha value is -3.26. The van der Waals surface area contributed by atoms with Crippen molar-refractivity contribution in [1.29, 1.82) is 0 Å². The molecular weight excluding hydrogens is 296 g/mol. The van der Waals surface area contributed by atoms with E-state index in [1.807, 2.05) is 54.6 Å². The predicted molar refractivity (Wildman–Crippen MR) is 97.7 cm³/mol. The summed E-state index contributed by atoms with van der Waals surface area (Å²) in [6, 6.07) is 23.9. The summed E-state index contributed by atoms with van der Waals surface area (Å²) in [6.45, 7) is 0. The molecule has 0 N–H and O–H groups in total. The number of aldehydes is 2. The molecule has 4 aromatic carbocycles. The van der Waals surface area contributed by atoms with Crippen LogP contribution >= 0.6 is 0 Å². The fourth-order valence-electron chi connectivity index (χ4n) is 3.31. The van der Waals surface area contributed by atoms with Crippen LogP contribution in [0.5, 0.6) is 0 Å². The maximum Gasteiger partial charge on any atom is 0.151 e. The molecule has 0 heterocycles. The van der Waals surface area contributed by atoms with Gasteiger partial charge in [0.2, 0.25) is 0 Å². The lowest BCUT2D eigenvalue weighted by atomic mass is 9.90. The lowest BCUT2D eigenvalue weighted by Crippen LogP contribution is -1.96. The second-order valence-electron chi connectivity index (χ2n) is 5.74. The first kappa shape index (κ1) is 14.3. The van der Waals surface area contributed by atoms with Crippen LogP contribution in [0.1, 0.15) is 20.7 Å². The van der Waals surface area contributed by atoms with Gasteiger partial charge in [-0.15, -0.1) is 0 Å². The molecule has 2 nitrogen and oxygen atoms in total. The van der Waals surface area contributed by atoms with Gasteiger partial charge in [0.05, 0.1) is 0 Å². The van der Waals surface area contributed by atoms with Crippen LogP contribution < -0.4 is 0 Å². The molecule has 114 valence electrons. The number of hydrogen-bond acceptors (Lipinski definition) is 2. The van der Waals surface area contributed by atoms with Crippen molar-refractivity contribution in [3.8, 4) is 11.1 Å². The van der Waals surface area contributed by atoms with Crippen molar-refractivity contribution in [3.63, 3.8) is 0 Å². The highest BCUT2D eigenvalue weighted by atomic mass is 16.1. The summed E-state index contributed by atoms with van der Waals surface area (Å²) in [7, 11) is 0. The Morgan fingerprint density at radius 2 is 1.08 bits per heavy atom. The van der Waals surface area contributed by atoms with Gasteiger partial charge in [0.1, 0.15) is 0 Å². The molecule has 0 aliphatic carbocycles. The smallest absolute Gasteiger partial charge is 0.151 e. The number of fused-ring (bicyclic) bond motifs is 3. The lowest BCUT2D eigenvalue weighted by Gasteiger charge is -2.12. The highest BCUT2D eigenvalue weighted by molar-refractivity contribution is 6.20. The van der Waals surface area contributed by atoms with Crippen LogP contribution in [0.2, 0.25) is 0 Å². The topological polar surface area (TPSA) is 34.1 Å². The average molecular weight is 310 g/mol. The van der Waals surface area contributed by atoms with Gasteiger partial charge in [-0.2, -0.15) is 0 Å². The number of rotatable bonds is 3. The molecule has 0 saturated heterocycles. The molecule has 4 rings (SSSR count). The molecule has 0 aromatic heterocycles. The van der Waals surface area contributed by atoms with Crippen molar-refractivity contribution in [3.05, 3.63) is 83.9 Å². The van der Waals surface area contributed by atoms with Gasteiger partial charge in [-0.05, 0) is 38.7 Å². The summed E-state index contributed by atoms with van der Waals surface area (Å²) in [5, 5.41) is 3.59. The highest BCUT2D eigenvalue weighted by Gasteiger charge is 2.13. The van der Waals surface area contributed by atoms with Crippen molar-refractivity contribution in [2.45, 2.75) is 0 Å². The quantitative estimate of drug-likeness (QED) is 0.381. The first-order valence-corrected chi connectivity index (χ1v) is 7.77. The van der Waals surface area contributed by atoms with E-state index in [0.29, 0.717) is 11.1 Å². The van der Waals surface area contributed by atoms with E-state index in [4.69, 9.17) is 0 Å². The normalized spacial score (nSPS) is 10.8. The summed E-state index contributed by atoms with van der Waals surface area (Å²) in [5.74, 6) is 0. The van der Waals surface area contributed by atoms with Gasteiger partial charge in [-0.3, -0.25) is 9.59 Å². The van der Waals surface area contributed by atoms with Gasteiger partial charge in [0.15, 0.2) is 12.6 Å². The summed E-state index contributed by atoms with van der Waals surface area (Å²) in [5.41, 5.74) is 3.12. The third-order valence-electron chi connectivity index (χ3n) is 4.45. The lowest BCUT2D eigenvalue weighted by molar-refractivity contribution is 0.109. The van der Waals surface area contributed by atoms with E-state index in [0.717, 1.165) is 45.2 Å². The van der Waals surface area contributed by atoms with Crippen LogP contribution in [-0.4, -0.2) is 12.6 Å². The summed E-state index contributed by atoms with van der Waals surface area (Å²) in [4.78, 5) is 23.2. The first-order chi connectivity index (χ1) is 11.8. The van der Waals surface area contributed by atoms with E-state index < -0.39 is 0 Å². The Balaban J connectivity index is 2.15. The van der Waals surface area contributed by atoms with E-state index in [9.17, 15) is 9.59 Å². The van der Waals surface area contributed by atoms with E-state index in [1.54, 1.807) is 0 Å². The van der Waals surface area contributed by atoms with Gasteiger partial charge in [-0.1, -0.05) is 66.7 Å². The molecule has 0 spiro atoms. The van der Waals surface area contributed by atoms with Crippen molar-refractivity contribution in [2.24, 2.45) is 0 Å². The van der Waals surface area contributed by atoms with Crippen molar-refractivity contribution in [1.82, 2.24) is 0 Å². The van der Waals surface area contributed by atoms with E-state index >= 15 is 0 Å². The minimum Gasteiger partial charge on any atom is -0.298 e. The van der Waals surface area contributed by atoms with Crippen LogP contribution in [0, 0.1) is 0 Å². The fourth-order valence-corrected chi connectivity index (χ4v) is 3.31. The molecule has 0 aliphatic heterocycles. The standard InChI is InChI=1S/C22H14O2/c23-13-21-18-9-5-4-8-17(18)20-12-16(15-6-2-1-3-7-15)10-11-19(20)22(21)14-24/h1-14H. The van der Waals surface area contributed by atoms with Gasteiger partial charge < -0.3 is 0 Å². The average Bonchev–Trinajstić information content (AvgIpc) is 2.67. The van der Waals surface area contributed by atoms with Gasteiger partial charge in [0.25, 0.3) is 0 Å². The summed E-state index contributed by atoms with van der Waals surface area (Å²) < 4.78 is 0. The number of hydrogen-bond donors (Lipinski definition) is 0. The fraction of sp³-hybridized carbons (Fsp3) is 0. The maximum atomic E-state index is 11.6. The molecule has 4 aromatic rings. The summed E-state index contributed by atoms with van der Waals surface area (Å²) >= 11 is 0. The molecule has 0 radical (unpaired) electrons. The zero-order valence-corrected chi connectivity index (χ0v) is 12.9. The van der Waals surface area contributed by atoms with Crippen LogP contribution in [0.15, 0.2) is 72.8 Å². The molecule has 2 heteroatoms. The van der Waals surface area contributed by atoms with Crippen molar-refractivity contribution in [2.75, 3.05) is 0 Å². The number of carbonyl (C=O) groups is 2. The van der Waals surface area contributed by atoms with Crippen molar-refractivity contribution >= 4 is 34.1 Å². The second-order valence-corrected chi connectivity index (χ2v) is 5.74. The van der Waals surface area contributed by atoms with E-state index in [-0.39, 0.29) is 0 Å². The van der Waals surface area contributed by atoms with Crippen molar-refractivity contribution < 1.29 is 9.59 Å². The molecule has 0 aliphatic rings. The molecule has 0 unspecified atom stereocenters. The molecule has 0 fully saturated rings. The second kappa shape index (κ2) is 5.74. The Morgan fingerprint density at radius 1 is 0.500 bits per heavy atom. The van der Waals surface area contributed by atoms with E-state index in [2.05, 4.69) is 18.2 Å². The Labute approximate surface area is 139 Å². The zero-order chi connectivity index (χ0) is 16.5. The minimum absolute atomic E-state index is 0.457. The number of benzene rings is 4. The molecule has 0 saturated carbocycles. The van der Waals surface area contributed by atoms with Crippen LogP contribution in [0.25, 0.3) is 32.7 Å². The third kappa shape index (κ3) is 2.12. The maximum absolute atomic E-state index is 11.6. The Morgan fingerprint density at radius 3 is 1.75 bits per heavy atom. The first-order valence-electron chi connectivity index (χ1n) is 7.77. The van der Waals surface area contributed by atoms with Crippen LogP contribution in [0.3, 0.4) is 0 Å². The highest BCUT2D eigenvalue weighted by Crippen LogP contribution is 2.34. The van der Waals surface area contributed by atoms with Gasteiger partial charge in [-0.25, -0.2) is 0 Å². The van der Waals surface area contributed by atoms with Gasteiger partial charge >= 0.3 is 0 Å². The van der Waals surface area contributed by atoms with E-state index in [1.165, 1.54) is 0 Å². The molecule has 24 heavy (non-hydrogen) atoms. The van der Waals surface area contributed by atoms with Crippen LogP contribution in [0.4, 0.5) is 0 Å². The summed E-state index contributed by atoms with van der Waals surface area (Å²) in [6.07, 6.45) is 1.55. The Kier molecular flexibility index (Phi) is 3.43. The number of carbonyl (C=O) groups excluding carboxylic acids is 2. The molecule has 0 bridgehead atoms. The molecule has 0 amide bonds. The zero-order valence-electron chi connectivity index (χ0n) is 12.9. The molecular formula is C22H14O2.